The standard InChI is InChI=1S/C13H17N3/c1-9(2)12(14)13-15-8-11(16-13)10-6-4-3-5-7-10/h3-9,12H,14H2,1-2H3,(H,15,16). The maximum atomic E-state index is 6.04. The van der Waals surface area contributed by atoms with Crippen molar-refractivity contribution in [2.45, 2.75) is 19.9 Å². The van der Waals surface area contributed by atoms with Crippen LogP contribution in [0, 0.1) is 5.92 Å². The molecule has 3 heteroatoms. The van der Waals surface area contributed by atoms with Crippen molar-refractivity contribution in [1.82, 2.24) is 9.97 Å². The van der Waals surface area contributed by atoms with Gasteiger partial charge in [-0.05, 0) is 11.5 Å². The molecule has 0 amide bonds. The summed E-state index contributed by atoms with van der Waals surface area (Å²) in [5, 5.41) is 0. The molecule has 84 valence electrons. The number of imidazole rings is 1. The highest BCUT2D eigenvalue weighted by atomic mass is 15.0. The van der Waals surface area contributed by atoms with E-state index in [0.29, 0.717) is 5.92 Å². The SMILES string of the molecule is CC(C)C(N)c1ncc(-c2ccccc2)[nH]1. The molecule has 0 saturated carbocycles. The number of H-pyrrole nitrogens is 1. The molecule has 2 aromatic rings. The van der Waals surface area contributed by atoms with E-state index >= 15 is 0 Å². The lowest BCUT2D eigenvalue weighted by atomic mass is 10.1. The molecule has 0 aliphatic rings. The zero-order valence-electron chi connectivity index (χ0n) is 9.64. The van der Waals surface area contributed by atoms with E-state index in [1.807, 2.05) is 24.4 Å². The highest BCUT2D eigenvalue weighted by molar-refractivity contribution is 5.58. The predicted molar refractivity (Wildman–Crippen MR) is 65.8 cm³/mol. The second-order valence-corrected chi connectivity index (χ2v) is 4.32. The fourth-order valence-corrected chi connectivity index (χ4v) is 1.59. The van der Waals surface area contributed by atoms with E-state index in [4.69, 9.17) is 5.73 Å². The minimum absolute atomic E-state index is 0.0301. The summed E-state index contributed by atoms with van der Waals surface area (Å²) in [4.78, 5) is 7.61. The number of nitrogens with zero attached hydrogens (tertiary/aromatic N) is 1. The Balaban J connectivity index is 2.27. The van der Waals surface area contributed by atoms with Gasteiger partial charge in [-0.15, -0.1) is 0 Å². The van der Waals surface area contributed by atoms with Crippen molar-refractivity contribution in [1.29, 1.82) is 0 Å². The van der Waals surface area contributed by atoms with Crippen LogP contribution in [0.1, 0.15) is 25.7 Å². The highest BCUT2D eigenvalue weighted by Gasteiger charge is 2.14. The first kappa shape index (κ1) is 10.9. The average molecular weight is 215 g/mol. The van der Waals surface area contributed by atoms with Gasteiger partial charge in [-0.25, -0.2) is 4.98 Å². The van der Waals surface area contributed by atoms with Gasteiger partial charge in [0.05, 0.1) is 17.9 Å². The molecule has 0 radical (unpaired) electrons. The summed E-state index contributed by atoms with van der Waals surface area (Å²) < 4.78 is 0. The van der Waals surface area contributed by atoms with Crippen LogP contribution in [0.5, 0.6) is 0 Å². The van der Waals surface area contributed by atoms with Gasteiger partial charge >= 0.3 is 0 Å². The topological polar surface area (TPSA) is 54.7 Å². The van der Waals surface area contributed by atoms with Crippen molar-refractivity contribution in [2.24, 2.45) is 11.7 Å². The summed E-state index contributed by atoms with van der Waals surface area (Å²) in [6.07, 6.45) is 1.84. The number of hydrogen-bond acceptors (Lipinski definition) is 2. The van der Waals surface area contributed by atoms with E-state index in [-0.39, 0.29) is 6.04 Å². The van der Waals surface area contributed by atoms with Gasteiger partial charge in [0.2, 0.25) is 0 Å². The molecule has 0 aliphatic heterocycles. The second-order valence-electron chi connectivity index (χ2n) is 4.32. The average Bonchev–Trinajstić information content (AvgIpc) is 2.78. The smallest absolute Gasteiger partial charge is 0.123 e. The first-order chi connectivity index (χ1) is 7.68. The first-order valence-electron chi connectivity index (χ1n) is 5.54. The molecular formula is C13H17N3. The Bertz CT molecular complexity index is 445. The zero-order chi connectivity index (χ0) is 11.5. The number of rotatable bonds is 3. The summed E-state index contributed by atoms with van der Waals surface area (Å²) in [5.74, 6) is 1.24. The lowest BCUT2D eigenvalue weighted by molar-refractivity contribution is 0.494. The van der Waals surface area contributed by atoms with Gasteiger partial charge in [-0.2, -0.15) is 0 Å². The van der Waals surface area contributed by atoms with Crippen LogP contribution in [0.25, 0.3) is 11.3 Å². The molecule has 0 spiro atoms. The monoisotopic (exact) mass is 215 g/mol. The van der Waals surface area contributed by atoms with Crippen LogP contribution < -0.4 is 5.73 Å². The number of benzene rings is 1. The van der Waals surface area contributed by atoms with Crippen LogP contribution in [0.4, 0.5) is 0 Å². The zero-order valence-corrected chi connectivity index (χ0v) is 9.64. The molecule has 3 N–H and O–H groups in total. The molecule has 16 heavy (non-hydrogen) atoms. The summed E-state index contributed by atoms with van der Waals surface area (Å²) in [5.41, 5.74) is 8.19. The summed E-state index contributed by atoms with van der Waals surface area (Å²) in [6, 6.07) is 10.1. The number of nitrogens with one attached hydrogen (secondary N) is 1. The van der Waals surface area contributed by atoms with Gasteiger partial charge in [0.15, 0.2) is 0 Å². The van der Waals surface area contributed by atoms with Gasteiger partial charge in [0.1, 0.15) is 5.82 Å². The molecule has 1 aromatic heterocycles. The molecular weight excluding hydrogens is 198 g/mol. The Morgan fingerprint density at radius 3 is 2.50 bits per heavy atom. The largest absolute Gasteiger partial charge is 0.341 e. The molecule has 1 unspecified atom stereocenters. The predicted octanol–water partition coefficient (Wildman–Crippen LogP) is 2.73. The minimum atomic E-state index is -0.0301. The molecule has 2 rings (SSSR count). The lowest BCUT2D eigenvalue weighted by Crippen LogP contribution is -2.18. The number of nitrogens with two attached hydrogens (primary N) is 1. The van der Waals surface area contributed by atoms with Crippen LogP contribution in [0.15, 0.2) is 36.5 Å². The molecule has 0 fully saturated rings. The highest BCUT2D eigenvalue weighted by Crippen LogP contribution is 2.21. The molecule has 0 aliphatic carbocycles. The third kappa shape index (κ3) is 2.14. The fraction of sp³-hybridized carbons (Fsp3) is 0.308. The number of aromatic nitrogens is 2. The van der Waals surface area contributed by atoms with Crippen molar-refractivity contribution in [3.63, 3.8) is 0 Å². The molecule has 3 nitrogen and oxygen atoms in total. The van der Waals surface area contributed by atoms with E-state index in [1.165, 1.54) is 0 Å². The van der Waals surface area contributed by atoms with Crippen molar-refractivity contribution < 1.29 is 0 Å². The Hall–Kier alpha value is -1.61. The minimum Gasteiger partial charge on any atom is -0.341 e. The Morgan fingerprint density at radius 1 is 1.19 bits per heavy atom. The Labute approximate surface area is 95.7 Å². The van der Waals surface area contributed by atoms with Gasteiger partial charge in [-0.3, -0.25) is 0 Å². The summed E-state index contributed by atoms with van der Waals surface area (Å²) >= 11 is 0. The maximum absolute atomic E-state index is 6.04. The van der Waals surface area contributed by atoms with Crippen LogP contribution in [0.3, 0.4) is 0 Å². The molecule has 1 heterocycles. The van der Waals surface area contributed by atoms with Crippen molar-refractivity contribution >= 4 is 0 Å². The fourth-order valence-electron chi connectivity index (χ4n) is 1.59. The Kier molecular flexibility index (Phi) is 3.06. The van der Waals surface area contributed by atoms with Gasteiger partial charge in [-0.1, -0.05) is 44.2 Å². The number of aromatic amines is 1. The molecule has 0 saturated heterocycles. The third-order valence-corrected chi connectivity index (χ3v) is 2.71. The molecule has 1 atom stereocenters. The van der Waals surface area contributed by atoms with Crippen LogP contribution >= 0.6 is 0 Å². The quantitative estimate of drug-likeness (QED) is 0.827. The van der Waals surface area contributed by atoms with E-state index in [2.05, 4.69) is 35.9 Å². The van der Waals surface area contributed by atoms with E-state index in [1.54, 1.807) is 0 Å². The van der Waals surface area contributed by atoms with Crippen molar-refractivity contribution in [3.05, 3.63) is 42.4 Å². The third-order valence-electron chi connectivity index (χ3n) is 2.71. The number of hydrogen-bond donors (Lipinski definition) is 2. The normalized spacial score (nSPS) is 13.0. The van der Waals surface area contributed by atoms with Crippen LogP contribution in [-0.4, -0.2) is 9.97 Å². The lowest BCUT2D eigenvalue weighted by Gasteiger charge is -2.12. The van der Waals surface area contributed by atoms with Gasteiger partial charge in [0.25, 0.3) is 0 Å². The summed E-state index contributed by atoms with van der Waals surface area (Å²) in [6.45, 7) is 4.19. The second kappa shape index (κ2) is 4.49. The summed E-state index contributed by atoms with van der Waals surface area (Å²) in [7, 11) is 0. The van der Waals surface area contributed by atoms with Crippen LogP contribution in [0.2, 0.25) is 0 Å². The van der Waals surface area contributed by atoms with Crippen molar-refractivity contribution in [3.8, 4) is 11.3 Å². The van der Waals surface area contributed by atoms with Crippen molar-refractivity contribution in [2.75, 3.05) is 0 Å². The van der Waals surface area contributed by atoms with Gasteiger partial charge in [0, 0.05) is 0 Å². The maximum Gasteiger partial charge on any atom is 0.123 e. The van der Waals surface area contributed by atoms with Crippen LogP contribution in [-0.2, 0) is 0 Å². The Morgan fingerprint density at radius 2 is 1.88 bits per heavy atom. The van der Waals surface area contributed by atoms with E-state index < -0.39 is 0 Å². The molecule has 1 aromatic carbocycles. The first-order valence-corrected chi connectivity index (χ1v) is 5.54. The van der Waals surface area contributed by atoms with Gasteiger partial charge < -0.3 is 10.7 Å². The van der Waals surface area contributed by atoms with E-state index in [9.17, 15) is 0 Å². The molecule has 0 bridgehead atoms. The van der Waals surface area contributed by atoms with E-state index in [0.717, 1.165) is 17.1 Å².